The number of nitrogens with one attached hydrogen (secondary N) is 1. The molecule has 0 aliphatic carbocycles. The predicted molar refractivity (Wildman–Crippen MR) is 77.4 cm³/mol. The zero-order valence-corrected chi connectivity index (χ0v) is 11.8. The van der Waals surface area contributed by atoms with Crippen LogP contribution in [-0.2, 0) is 17.8 Å². The third-order valence-corrected chi connectivity index (χ3v) is 3.71. The number of rotatable bonds is 3. The van der Waals surface area contributed by atoms with Crippen LogP contribution in [0.5, 0.6) is 0 Å². The third kappa shape index (κ3) is 3.14. The molecule has 0 saturated carbocycles. The van der Waals surface area contributed by atoms with Gasteiger partial charge in [-0.3, -0.25) is 4.79 Å². The average molecular weight is 303 g/mol. The largest absolute Gasteiger partial charge is 0.371 e. The number of ether oxygens (including phenoxy) is 1. The number of hydrogen-bond donors (Lipinski definition) is 1. The quantitative estimate of drug-likeness (QED) is 0.947. The highest BCUT2D eigenvalue weighted by molar-refractivity contribution is 5.94. The summed E-state index contributed by atoms with van der Waals surface area (Å²) < 4.78 is 31.7. The van der Waals surface area contributed by atoms with Gasteiger partial charge in [0.25, 0.3) is 5.91 Å². The zero-order chi connectivity index (χ0) is 15.5. The number of carbonyl (C=O) groups excluding carboxylic acids is 1. The van der Waals surface area contributed by atoms with Gasteiger partial charge in [-0.15, -0.1) is 0 Å². The van der Waals surface area contributed by atoms with Crippen molar-refractivity contribution in [2.45, 2.75) is 19.1 Å². The molecular weight excluding hydrogens is 288 g/mol. The summed E-state index contributed by atoms with van der Waals surface area (Å²) in [6, 6.07) is 11.1. The second-order valence-corrected chi connectivity index (χ2v) is 5.24. The van der Waals surface area contributed by atoms with E-state index < -0.39 is 17.5 Å². The molecule has 1 aliphatic heterocycles. The van der Waals surface area contributed by atoms with Crippen molar-refractivity contribution in [2.75, 3.05) is 6.54 Å². The summed E-state index contributed by atoms with van der Waals surface area (Å²) >= 11 is 0. The first-order valence-electron chi connectivity index (χ1n) is 7.05. The molecule has 1 heterocycles. The van der Waals surface area contributed by atoms with E-state index in [4.69, 9.17) is 4.74 Å². The van der Waals surface area contributed by atoms with Crippen molar-refractivity contribution >= 4 is 5.91 Å². The van der Waals surface area contributed by atoms with Crippen LogP contribution < -0.4 is 5.32 Å². The Kier molecular flexibility index (Phi) is 4.15. The summed E-state index contributed by atoms with van der Waals surface area (Å²) in [7, 11) is 0. The fraction of sp³-hybridized carbons (Fsp3) is 0.235. The highest BCUT2D eigenvalue weighted by Gasteiger charge is 2.19. The first-order valence-corrected chi connectivity index (χ1v) is 7.05. The molecule has 0 radical (unpaired) electrons. The summed E-state index contributed by atoms with van der Waals surface area (Å²) in [5.74, 6) is -2.44. The van der Waals surface area contributed by atoms with Gasteiger partial charge in [0.05, 0.1) is 12.7 Å². The van der Waals surface area contributed by atoms with Gasteiger partial charge < -0.3 is 10.1 Å². The Balaban J connectivity index is 1.59. The molecule has 22 heavy (non-hydrogen) atoms. The fourth-order valence-corrected chi connectivity index (χ4v) is 2.49. The van der Waals surface area contributed by atoms with Crippen molar-refractivity contribution < 1.29 is 18.3 Å². The lowest BCUT2D eigenvalue weighted by atomic mass is 9.99. The highest BCUT2D eigenvalue weighted by atomic mass is 19.2. The molecule has 3 rings (SSSR count). The topological polar surface area (TPSA) is 38.3 Å². The average Bonchev–Trinajstić information content (AvgIpc) is 2.55. The molecule has 3 nitrogen and oxygen atoms in total. The standard InChI is InChI=1S/C17H15F2NO2/c18-15-6-5-12(8-16(15)19)17(21)20-9-14-7-11-3-1-2-4-13(11)10-22-14/h1-6,8,14H,7,9-10H2,(H,20,21). The van der Waals surface area contributed by atoms with E-state index in [-0.39, 0.29) is 11.7 Å². The van der Waals surface area contributed by atoms with Crippen LogP contribution >= 0.6 is 0 Å². The van der Waals surface area contributed by atoms with Crippen molar-refractivity contribution in [3.63, 3.8) is 0 Å². The Morgan fingerprint density at radius 1 is 1.14 bits per heavy atom. The van der Waals surface area contributed by atoms with Gasteiger partial charge in [0.15, 0.2) is 11.6 Å². The Hall–Kier alpha value is -2.27. The van der Waals surface area contributed by atoms with Crippen LogP contribution in [0, 0.1) is 11.6 Å². The van der Waals surface area contributed by atoms with E-state index in [2.05, 4.69) is 5.32 Å². The summed E-state index contributed by atoms with van der Waals surface area (Å²) in [4.78, 5) is 11.9. The van der Waals surface area contributed by atoms with Gasteiger partial charge >= 0.3 is 0 Å². The minimum atomic E-state index is -1.03. The van der Waals surface area contributed by atoms with Crippen LogP contribution in [0.25, 0.3) is 0 Å². The first kappa shape index (κ1) is 14.7. The molecule has 114 valence electrons. The van der Waals surface area contributed by atoms with Gasteiger partial charge in [0.2, 0.25) is 0 Å². The molecule has 0 bridgehead atoms. The molecule has 1 amide bonds. The SMILES string of the molecule is O=C(NCC1Cc2ccccc2CO1)c1ccc(F)c(F)c1. The Bertz CT molecular complexity index is 703. The number of carbonyl (C=O) groups is 1. The van der Waals surface area contributed by atoms with Crippen molar-refractivity contribution in [3.8, 4) is 0 Å². The van der Waals surface area contributed by atoms with Crippen LogP contribution in [-0.4, -0.2) is 18.6 Å². The molecule has 1 aliphatic rings. The summed E-state index contributed by atoms with van der Waals surface area (Å²) in [6.45, 7) is 0.841. The summed E-state index contributed by atoms with van der Waals surface area (Å²) in [6.07, 6.45) is 0.595. The highest BCUT2D eigenvalue weighted by Crippen LogP contribution is 2.20. The van der Waals surface area contributed by atoms with Gasteiger partial charge in [-0.2, -0.15) is 0 Å². The second kappa shape index (κ2) is 6.23. The number of benzene rings is 2. The second-order valence-electron chi connectivity index (χ2n) is 5.24. The molecule has 0 saturated heterocycles. The molecule has 5 heteroatoms. The lowest BCUT2D eigenvalue weighted by Crippen LogP contribution is -2.36. The van der Waals surface area contributed by atoms with E-state index in [9.17, 15) is 13.6 Å². The molecule has 0 aromatic heterocycles. The van der Waals surface area contributed by atoms with Crippen molar-refractivity contribution in [1.82, 2.24) is 5.32 Å². The molecule has 0 spiro atoms. The van der Waals surface area contributed by atoms with Gasteiger partial charge in [0, 0.05) is 18.5 Å². The molecule has 2 aromatic rings. The lowest BCUT2D eigenvalue weighted by molar-refractivity contribution is 0.0285. The van der Waals surface area contributed by atoms with Gasteiger partial charge in [-0.25, -0.2) is 8.78 Å². The summed E-state index contributed by atoms with van der Waals surface area (Å²) in [5, 5.41) is 2.69. The number of amides is 1. The number of halogens is 2. The monoisotopic (exact) mass is 303 g/mol. The number of fused-ring (bicyclic) bond motifs is 1. The molecule has 2 aromatic carbocycles. The smallest absolute Gasteiger partial charge is 0.251 e. The van der Waals surface area contributed by atoms with Gasteiger partial charge in [0.1, 0.15) is 0 Å². The van der Waals surface area contributed by atoms with Crippen molar-refractivity contribution in [2.24, 2.45) is 0 Å². The fourth-order valence-electron chi connectivity index (χ4n) is 2.49. The molecule has 1 N–H and O–H groups in total. The summed E-state index contributed by atoms with van der Waals surface area (Å²) in [5.41, 5.74) is 2.46. The third-order valence-electron chi connectivity index (χ3n) is 3.71. The molecule has 1 atom stereocenters. The Morgan fingerprint density at radius 3 is 2.68 bits per heavy atom. The van der Waals surface area contributed by atoms with Crippen molar-refractivity contribution in [3.05, 3.63) is 70.8 Å². The Morgan fingerprint density at radius 2 is 1.91 bits per heavy atom. The van der Waals surface area contributed by atoms with E-state index in [1.165, 1.54) is 11.6 Å². The van der Waals surface area contributed by atoms with Crippen LogP contribution in [0.15, 0.2) is 42.5 Å². The van der Waals surface area contributed by atoms with E-state index in [1.807, 2.05) is 24.3 Å². The van der Waals surface area contributed by atoms with E-state index in [1.54, 1.807) is 0 Å². The van der Waals surface area contributed by atoms with Crippen molar-refractivity contribution in [1.29, 1.82) is 0 Å². The van der Waals surface area contributed by atoms with Crippen LogP contribution in [0.2, 0.25) is 0 Å². The van der Waals surface area contributed by atoms with E-state index >= 15 is 0 Å². The van der Waals surface area contributed by atoms with E-state index in [0.717, 1.165) is 17.7 Å². The minimum absolute atomic E-state index is 0.0927. The van der Waals surface area contributed by atoms with Crippen LogP contribution in [0.3, 0.4) is 0 Å². The van der Waals surface area contributed by atoms with Gasteiger partial charge in [-0.05, 0) is 29.3 Å². The molecule has 1 unspecified atom stereocenters. The lowest BCUT2D eigenvalue weighted by Gasteiger charge is -2.25. The normalized spacial score (nSPS) is 16.9. The van der Waals surface area contributed by atoms with E-state index in [0.29, 0.717) is 19.6 Å². The maximum absolute atomic E-state index is 13.1. The molecule has 0 fully saturated rings. The zero-order valence-electron chi connectivity index (χ0n) is 11.8. The Labute approximate surface area is 126 Å². The minimum Gasteiger partial charge on any atom is -0.371 e. The van der Waals surface area contributed by atoms with Gasteiger partial charge in [-0.1, -0.05) is 24.3 Å². The maximum atomic E-state index is 13.1. The van der Waals surface area contributed by atoms with Crippen LogP contribution in [0.1, 0.15) is 21.5 Å². The molecular formula is C17H15F2NO2. The maximum Gasteiger partial charge on any atom is 0.251 e. The predicted octanol–water partition coefficient (Wildman–Crippen LogP) is 2.84. The van der Waals surface area contributed by atoms with Crippen LogP contribution in [0.4, 0.5) is 8.78 Å². The first-order chi connectivity index (χ1) is 10.6. The number of hydrogen-bond acceptors (Lipinski definition) is 2.